The molecule has 0 saturated heterocycles. The zero-order valence-corrected chi connectivity index (χ0v) is 17.5. The minimum Gasteiger partial charge on any atom is -0.453 e. The Kier molecular flexibility index (Phi) is 6.83. The molecule has 3 aromatic carbocycles. The summed E-state index contributed by atoms with van der Waals surface area (Å²) < 4.78 is 171. The lowest BCUT2D eigenvalue weighted by Gasteiger charge is -2.19. The maximum atomic E-state index is 14.4. The van der Waals surface area contributed by atoms with Crippen LogP contribution in [0.3, 0.4) is 0 Å². The van der Waals surface area contributed by atoms with Crippen LogP contribution in [0.5, 0.6) is 23.0 Å². The lowest BCUT2D eigenvalue weighted by Crippen LogP contribution is -2.12. The molecule has 4 nitrogen and oxygen atoms in total. The lowest BCUT2D eigenvalue weighted by molar-refractivity contribution is -0.141. The predicted molar refractivity (Wildman–Crippen MR) is 103 cm³/mol. The van der Waals surface area contributed by atoms with Gasteiger partial charge in [-0.1, -0.05) is 0 Å². The molecule has 0 saturated carbocycles. The van der Waals surface area contributed by atoms with E-state index in [1.165, 1.54) is 0 Å². The topological polar surface area (TPSA) is 70.5 Å². The lowest BCUT2D eigenvalue weighted by atomic mass is 10.1. The first-order valence-electron chi connectivity index (χ1n) is 9.38. The van der Waals surface area contributed by atoms with Crippen molar-refractivity contribution in [3.8, 4) is 23.0 Å². The fraction of sp³-hybridized carbons (Fsp3) is 0.143. The van der Waals surface area contributed by atoms with Crippen LogP contribution >= 0.6 is 0 Å². The average molecular weight is 550 g/mol. The van der Waals surface area contributed by atoms with Gasteiger partial charge in [0.2, 0.25) is 0 Å². The van der Waals surface area contributed by atoms with Gasteiger partial charge >= 0.3 is 18.5 Å². The summed E-state index contributed by atoms with van der Waals surface area (Å²) in [5.41, 5.74) is 3.04. The molecule has 0 spiro atoms. The van der Waals surface area contributed by atoms with Crippen molar-refractivity contribution in [3.63, 3.8) is 0 Å². The number of halogens is 12. The van der Waals surface area contributed by atoms with Gasteiger partial charge in [0.25, 0.3) is 0 Å². The van der Waals surface area contributed by atoms with Crippen LogP contribution in [0.25, 0.3) is 0 Å². The predicted octanol–water partition coefficient (Wildman–Crippen LogP) is 7.91. The van der Waals surface area contributed by atoms with Crippen molar-refractivity contribution in [1.82, 2.24) is 0 Å². The number of nitrogens with two attached hydrogens (primary N) is 2. The summed E-state index contributed by atoms with van der Waals surface area (Å²) in [6.45, 7) is 0. The molecule has 0 bridgehead atoms. The fourth-order valence-electron chi connectivity index (χ4n) is 2.96. The Labute approximate surface area is 198 Å². The molecule has 0 aromatic heterocycles. The molecule has 37 heavy (non-hydrogen) atoms. The number of hydrogen-bond acceptors (Lipinski definition) is 4. The van der Waals surface area contributed by atoms with Crippen LogP contribution in [0.15, 0.2) is 36.4 Å². The van der Waals surface area contributed by atoms with E-state index in [1.54, 1.807) is 0 Å². The zero-order chi connectivity index (χ0) is 28.1. The quantitative estimate of drug-likeness (QED) is 0.256. The standard InChI is InChI=1S/C21H10F12N2O2/c22-12-5-9(19(25,26)27)13(36-15-3-7(34)1-10(17(15)23)20(28,29)30)6-14(12)37-16-4-8(35)2-11(18(16)24)21(31,32)33/h1-6H,34-35H2. The first kappa shape index (κ1) is 27.6. The number of rotatable bonds is 4. The molecule has 4 N–H and O–H groups in total. The summed E-state index contributed by atoms with van der Waals surface area (Å²) in [6.07, 6.45) is -16.1. The smallest absolute Gasteiger partial charge is 0.420 e. The van der Waals surface area contributed by atoms with Crippen LogP contribution in [-0.4, -0.2) is 0 Å². The summed E-state index contributed by atoms with van der Waals surface area (Å²) in [5, 5.41) is 0. The van der Waals surface area contributed by atoms with E-state index in [4.69, 9.17) is 11.5 Å². The van der Waals surface area contributed by atoms with Crippen molar-refractivity contribution >= 4 is 11.4 Å². The molecule has 0 atom stereocenters. The van der Waals surface area contributed by atoms with Gasteiger partial charge in [0, 0.05) is 29.6 Å². The van der Waals surface area contributed by atoms with Gasteiger partial charge in [0.1, 0.15) is 11.3 Å². The van der Waals surface area contributed by atoms with Crippen molar-refractivity contribution in [2.45, 2.75) is 18.5 Å². The molecule has 0 radical (unpaired) electrons. The molecule has 0 fully saturated rings. The van der Waals surface area contributed by atoms with E-state index in [1.807, 2.05) is 0 Å². The van der Waals surface area contributed by atoms with Gasteiger partial charge in [-0.2, -0.15) is 39.5 Å². The molecule has 0 unspecified atom stereocenters. The molecule has 0 aliphatic rings. The van der Waals surface area contributed by atoms with Gasteiger partial charge in [0.15, 0.2) is 34.7 Å². The van der Waals surface area contributed by atoms with Crippen molar-refractivity contribution in [1.29, 1.82) is 0 Å². The summed E-state index contributed by atoms with van der Waals surface area (Å²) >= 11 is 0. The van der Waals surface area contributed by atoms with E-state index >= 15 is 0 Å². The van der Waals surface area contributed by atoms with E-state index < -0.39 is 87.0 Å². The molecule has 200 valence electrons. The molecule has 16 heteroatoms. The Hall–Kier alpha value is -3.98. The first-order valence-corrected chi connectivity index (χ1v) is 9.38. The summed E-state index contributed by atoms with van der Waals surface area (Å²) in [6, 6.07) is 0.850. The van der Waals surface area contributed by atoms with Crippen LogP contribution < -0.4 is 20.9 Å². The number of benzene rings is 3. The Morgan fingerprint density at radius 1 is 0.459 bits per heavy atom. The van der Waals surface area contributed by atoms with Crippen LogP contribution in [0.2, 0.25) is 0 Å². The number of alkyl halides is 9. The Morgan fingerprint density at radius 3 is 1.22 bits per heavy atom. The van der Waals surface area contributed by atoms with Gasteiger partial charge < -0.3 is 20.9 Å². The second kappa shape index (κ2) is 9.15. The zero-order valence-electron chi connectivity index (χ0n) is 17.5. The maximum absolute atomic E-state index is 14.4. The van der Waals surface area contributed by atoms with Crippen molar-refractivity contribution in [3.05, 3.63) is 70.5 Å². The van der Waals surface area contributed by atoms with Crippen molar-refractivity contribution in [2.75, 3.05) is 11.5 Å². The number of anilines is 2. The fourth-order valence-corrected chi connectivity index (χ4v) is 2.96. The van der Waals surface area contributed by atoms with Crippen LogP contribution in [-0.2, 0) is 18.5 Å². The van der Waals surface area contributed by atoms with Gasteiger partial charge in [-0.05, 0) is 18.2 Å². The number of hydrogen-bond donors (Lipinski definition) is 2. The molecule has 0 amide bonds. The average Bonchev–Trinajstić information content (AvgIpc) is 2.72. The minimum atomic E-state index is -5.44. The normalized spacial score (nSPS) is 12.5. The highest BCUT2D eigenvalue weighted by Crippen LogP contribution is 2.45. The number of nitrogen functional groups attached to an aromatic ring is 2. The van der Waals surface area contributed by atoms with Gasteiger partial charge in [-0.3, -0.25) is 0 Å². The van der Waals surface area contributed by atoms with Gasteiger partial charge in [0.05, 0.1) is 11.1 Å². The third-order valence-corrected chi connectivity index (χ3v) is 4.51. The monoisotopic (exact) mass is 550 g/mol. The second-order valence-corrected chi connectivity index (χ2v) is 7.24. The van der Waals surface area contributed by atoms with Crippen LogP contribution in [0.4, 0.5) is 64.1 Å². The van der Waals surface area contributed by atoms with E-state index in [2.05, 4.69) is 9.47 Å². The Bertz CT molecular complexity index is 1350. The third-order valence-electron chi connectivity index (χ3n) is 4.51. The molecule has 0 aliphatic carbocycles. The highest BCUT2D eigenvalue weighted by molar-refractivity contribution is 5.54. The Balaban J connectivity index is 2.17. The first-order chi connectivity index (χ1) is 16.8. The molecule has 3 aromatic rings. The summed E-state index contributed by atoms with van der Waals surface area (Å²) in [5.74, 6) is -12.0. The van der Waals surface area contributed by atoms with Crippen LogP contribution in [0, 0.1) is 17.5 Å². The largest absolute Gasteiger partial charge is 0.453 e. The molecule has 0 aliphatic heterocycles. The molecular formula is C21H10F12N2O2. The Morgan fingerprint density at radius 2 is 0.838 bits per heavy atom. The van der Waals surface area contributed by atoms with E-state index in [-0.39, 0.29) is 24.3 Å². The molecule has 0 heterocycles. The second-order valence-electron chi connectivity index (χ2n) is 7.24. The number of ether oxygens (including phenoxy) is 2. The van der Waals surface area contributed by atoms with Gasteiger partial charge in [-0.15, -0.1) is 0 Å². The van der Waals surface area contributed by atoms with Crippen molar-refractivity contribution < 1.29 is 62.2 Å². The maximum Gasteiger partial charge on any atom is 0.420 e. The minimum absolute atomic E-state index is 0.0178. The van der Waals surface area contributed by atoms with Crippen LogP contribution in [0.1, 0.15) is 16.7 Å². The highest BCUT2D eigenvalue weighted by atomic mass is 19.4. The highest BCUT2D eigenvalue weighted by Gasteiger charge is 2.39. The van der Waals surface area contributed by atoms with E-state index in [0.717, 1.165) is 0 Å². The van der Waals surface area contributed by atoms with Crippen molar-refractivity contribution in [2.24, 2.45) is 0 Å². The SMILES string of the molecule is Nc1cc(Oc2cc(Oc3cc(N)cc(C(F)(F)F)c3F)c(C(F)(F)F)cc2F)c(F)c(C(F)(F)F)c1. The van der Waals surface area contributed by atoms with E-state index in [0.29, 0.717) is 12.1 Å². The molecule has 3 rings (SSSR count). The van der Waals surface area contributed by atoms with Gasteiger partial charge in [-0.25, -0.2) is 13.2 Å². The molecular weight excluding hydrogens is 540 g/mol. The summed E-state index contributed by atoms with van der Waals surface area (Å²) in [4.78, 5) is 0. The van der Waals surface area contributed by atoms with E-state index in [9.17, 15) is 52.7 Å². The third kappa shape index (κ3) is 5.89. The summed E-state index contributed by atoms with van der Waals surface area (Å²) in [7, 11) is 0.